The molecule has 5 nitrogen and oxygen atoms in total. The van der Waals surface area contributed by atoms with Gasteiger partial charge >= 0.3 is 5.97 Å². The minimum atomic E-state index is -0.900. The predicted octanol–water partition coefficient (Wildman–Crippen LogP) is 3.77. The second-order valence-corrected chi connectivity index (χ2v) is 8.48. The third kappa shape index (κ3) is 4.18. The normalized spacial score (nSPS) is 22.8. The summed E-state index contributed by atoms with van der Waals surface area (Å²) in [5.41, 5.74) is 12.9. The minimum Gasteiger partial charge on any atom is -0.481 e. The van der Waals surface area contributed by atoms with E-state index in [2.05, 4.69) is 29.6 Å². The lowest BCUT2D eigenvalue weighted by Crippen LogP contribution is -2.43. The lowest BCUT2D eigenvalue weighted by Gasteiger charge is -2.29. The number of carbonyl (C=O) groups is 2. The molecule has 0 radical (unpaired) electrons. The van der Waals surface area contributed by atoms with Crippen molar-refractivity contribution in [1.82, 2.24) is 5.32 Å². The molecule has 0 bridgehead atoms. The number of benzene rings is 2. The van der Waals surface area contributed by atoms with Gasteiger partial charge in [0.2, 0.25) is 0 Å². The van der Waals surface area contributed by atoms with Crippen LogP contribution >= 0.6 is 0 Å². The van der Waals surface area contributed by atoms with Gasteiger partial charge < -0.3 is 16.2 Å². The van der Waals surface area contributed by atoms with Crippen molar-refractivity contribution in [2.24, 2.45) is 5.73 Å². The molecular formula is C25H32N2O3. The van der Waals surface area contributed by atoms with Crippen LogP contribution in [-0.4, -0.2) is 36.0 Å². The number of carboxylic acids is 1. The number of hydrogen-bond acceptors (Lipinski definition) is 4. The zero-order valence-electron chi connectivity index (χ0n) is 18.3. The van der Waals surface area contributed by atoms with Gasteiger partial charge in [0, 0.05) is 30.5 Å². The van der Waals surface area contributed by atoms with Crippen LogP contribution in [-0.2, 0) is 4.79 Å². The number of nitrogens with two attached hydrogens (primary N) is 1. The zero-order valence-corrected chi connectivity index (χ0v) is 18.3. The van der Waals surface area contributed by atoms with Crippen LogP contribution in [0.4, 0.5) is 0 Å². The fraction of sp³-hybridized carbons (Fsp3) is 0.440. The Kier molecular flexibility index (Phi) is 6.74. The van der Waals surface area contributed by atoms with Crippen LogP contribution < -0.4 is 11.1 Å². The van der Waals surface area contributed by atoms with E-state index in [1.54, 1.807) is 0 Å². The molecule has 4 rings (SSSR count). The summed E-state index contributed by atoms with van der Waals surface area (Å²) in [7, 11) is 0. The summed E-state index contributed by atoms with van der Waals surface area (Å²) in [6, 6.07) is 10.9. The van der Waals surface area contributed by atoms with Gasteiger partial charge in [0.05, 0.1) is 5.92 Å². The van der Waals surface area contributed by atoms with Gasteiger partial charge in [-0.3, -0.25) is 9.59 Å². The minimum absolute atomic E-state index is 0.0314. The molecule has 2 aromatic carbocycles. The standard InChI is InChI=1S/C14H16O3.C11H16N2/c1-6-7(2)9(4)13-11(15)5-10(14(16)17)12(13)8(6)3;12-11-6-7-13-8-10(11)9-4-2-1-3-5-9/h10H,5H2,1-4H3,(H,16,17);1-5,10-11,13H,6-8,12H2. The Labute approximate surface area is 178 Å². The summed E-state index contributed by atoms with van der Waals surface area (Å²) in [5, 5.41) is 12.6. The number of carboxylic acid groups (broad SMARTS) is 1. The first-order valence-corrected chi connectivity index (χ1v) is 10.6. The van der Waals surface area contributed by atoms with E-state index in [-0.39, 0.29) is 12.2 Å². The molecule has 3 atom stereocenters. The third-order valence-corrected chi connectivity index (χ3v) is 6.81. The predicted molar refractivity (Wildman–Crippen MR) is 119 cm³/mol. The summed E-state index contributed by atoms with van der Waals surface area (Å²) in [6.07, 6.45) is 1.19. The Bertz CT molecular complexity index is 953. The number of nitrogens with one attached hydrogen (secondary N) is 1. The molecule has 1 heterocycles. The maximum Gasteiger partial charge on any atom is 0.311 e. The van der Waals surface area contributed by atoms with Crippen molar-refractivity contribution >= 4 is 11.8 Å². The molecule has 3 unspecified atom stereocenters. The topological polar surface area (TPSA) is 92.4 Å². The molecule has 1 aliphatic heterocycles. The summed E-state index contributed by atoms with van der Waals surface area (Å²) in [5.74, 6) is -1.09. The number of Topliss-reactive ketones (excluding diaryl/α,β-unsaturated/α-hetero) is 1. The monoisotopic (exact) mass is 408 g/mol. The van der Waals surface area contributed by atoms with Gasteiger partial charge in [-0.1, -0.05) is 30.3 Å². The Hall–Kier alpha value is -2.50. The molecule has 1 aliphatic carbocycles. The summed E-state index contributed by atoms with van der Waals surface area (Å²) in [4.78, 5) is 23.2. The molecule has 1 fully saturated rings. The molecule has 0 spiro atoms. The number of aliphatic carboxylic acids is 1. The molecule has 1 saturated heterocycles. The highest BCUT2D eigenvalue weighted by Gasteiger charge is 2.37. The Balaban J connectivity index is 0.000000177. The molecule has 4 N–H and O–H groups in total. The van der Waals surface area contributed by atoms with E-state index in [0.717, 1.165) is 47.3 Å². The Morgan fingerprint density at radius 3 is 2.27 bits per heavy atom. The van der Waals surface area contributed by atoms with Crippen LogP contribution in [0.25, 0.3) is 0 Å². The smallest absolute Gasteiger partial charge is 0.311 e. The molecule has 30 heavy (non-hydrogen) atoms. The van der Waals surface area contributed by atoms with Crippen molar-refractivity contribution in [3.63, 3.8) is 0 Å². The van der Waals surface area contributed by atoms with E-state index >= 15 is 0 Å². The lowest BCUT2D eigenvalue weighted by molar-refractivity contribution is -0.138. The largest absolute Gasteiger partial charge is 0.481 e. The maximum atomic E-state index is 12.0. The SMILES string of the molecule is Cc1c(C)c(C)c2c(c1C)C(=O)CC2C(=O)O.NC1CCNCC1c1ccccc1. The van der Waals surface area contributed by atoms with Crippen LogP contribution in [0.1, 0.15) is 68.4 Å². The third-order valence-electron chi connectivity index (χ3n) is 6.81. The van der Waals surface area contributed by atoms with Crippen LogP contribution in [0.3, 0.4) is 0 Å². The van der Waals surface area contributed by atoms with E-state index in [1.807, 2.05) is 33.8 Å². The second kappa shape index (κ2) is 9.11. The Morgan fingerprint density at radius 1 is 1.03 bits per heavy atom. The van der Waals surface area contributed by atoms with Crippen LogP contribution in [0, 0.1) is 27.7 Å². The molecular weight excluding hydrogens is 376 g/mol. The van der Waals surface area contributed by atoms with Gasteiger partial charge in [0.1, 0.15) is 0 Å². The maximum absolute atomic E-state index is 12.0. The summed E-state index contributed by atoms with van der Waals surface area (Å²) in [6.45, 7) is 9.87. The number of rotatable bonds is 2. The van der Waals surface area contributed by atoms with E-state index in [1.165, 1.54) is 5.56 Å². The summed E-state index contributed by atoms with van der Waals surface area (Å²) >= 11 is 0. The van der Waals surface area contributed by atoms with E-state index in [0.29, 0.717) is 17.5 Å². The van der Waals surface area contributed by atoms with Gasteiger partial charge in [-0.05, 0) is 74.0 Å². The first-order valence-electron chi connectivity index (χ1n) is 10.6. The van der Waals surface area contributed by atoms with Crippen LogP contribution in [0.5, 0.6) is 0 Å². The van der Waals surface area contributed by atoms with Crippen molar-refractivity contribution in [2.45, 2.75) is 58.4 Å². The number of carbonyl (C=O) groups excluding carboxylic acids is 1. The molecule has 2 aromatic rings. The highest BCUT2D eigenvalue weighted by Crippen LogP contribution is 2.40. The number of hydrogen-bond donors (Lipinski definition) is 3. The average Bonchev–Trinajstić information content (AvgIpc) is 3.10. The fourth-order valence-electron chi connectivity index (χ4n) is 4.68. The molecule has 160 valence electrons. The molecule has 0 saturated carbocycles. The van der Waals surface area contributed by atoms with Gasteiger partial charge in [-0.15, -0.1) is 0 Å². The van der Waals surface area contributed by atoms with Crippen LogP contribution in [0.15, 0.2) is 30.3 Å². The van der Waals surface area contributed by atoms with E-state index in [4.69, 9.17) is 5.73 Å². The quantitative estimate of drug-likeness (QED) is 0.704. The van der Waals surface area contributed by atoms with Gasteiger partial charge in [0.15, 0.2) is 5.78 Å². The summed E-state index contributed by atoms with van der Waals surface area (Å²) < 4.78 is 0. The van der Waals surface area contributed by atoms with Crippen molar-refractivity contribution in [1.29, 1.82) is 0 Å². The fourth-order valence-corrected chi connectivity index (χ4v) is 4.68. The van der Waals surface area contributed by atoms with Gasteiger partial charge in [-0.2, -0.15) is 0 Å². The Morgan fingerprint density at radius 2 is 1.67 bits per heavy atom. The first-order chi connectivity index (χ1) is 14.2. The van der Waals surface area contributed by atoms with Crippen LogP contribution in [0.2, 0.25) is 0 Å². The lowest BCUT2D eigenvalue weighted by atomic mass is 9.87. The van der Waals surface area contributed by atoms with Gasteiger partial charge in [0.25, 0.3) is 0 Å². The first kappa shape index (κ1) is 22.2. The van der Waals surface area contributed by atoms with E-state index < -0.39 is 11.9 Å². The van der Waals surface area contributed by atoms with Gasteiger partial charge in [-0.25, -0.2) is 0 Å². The molecule has 0 aromatic heterocycles. The van der Waals surface area contributed by atoms with Crippen molar-refractivity contribution in [2.75, 3.05) is 13.1 Å². The highest BCUT2D eigenvalue weighted by atomic mass is 16.4. The highest BCUT2D eigenvalue weighted by molar-refractivity contribution is 6.07. The number of fused-ring (bicyclic) bond motifs is 1. The average molecular weight is 409 g/mol. The molecule has 5 heteroatoms. The second-order valence-electron chi connectivity index (χ2n) is 8.48. The zero-order chi connectivity index (χ0) is 22.0. The number of ketones is 1. The van der Waals surface area contributed by atoms with Crippen molar-refractivity contribution < 1.29 is 14.7 Å². The van der Waals surface area contributed by atoms with E-state index in [9.17, 15) is 14.7 Å². The molecule has 0 amide bonds. The molecule has 2 aliphatic rings. The van der Waals surface area contributed by atoms with Crippen molar-refractivity contribution in [3.05, 3.63) is 69.3 Å². The van der Waals surface area contributed by atoms with Crippen molar-refractivity contribution in [3.8, 4) is 0 Å². The number of piperidine rings is 1.